The van der Waals surface area contributed by atoms with Crippen molar-refractivity contribution in [1.82, 2.24) is 0 Å². The molecule has 0 aliphatic carbocycles. The monoisotopic (exact) mass is 323 g/mol. The number of aryl methyl sites for hydroxylation is 1. The van der Waals surface area contributed by atoms with E-state index in [4.69, 9.17) is 27.9 Å². The fraction of sp³-hybridized carbons (Fsp3) is 0.188. The van der Waals surface area contributed by atoms with Crippen molar-refractivity contribution in [3.63, 3.8) is 0 Å². The van der Waals surface area contributed by atoms with Crippen LogP contribution in [0.5, 0.6) is 5.75 Å². The summed E-state index contributed by atoms with van der Waals surface area (Å²) in [6.07, 6.45) is 1.02. The molecule has 0 unspecified atom stereocenters. The Balaban J connectivity index is 1.95. The Labute approximate surface area is 133 Å². The van der Waals surface area contributed by atoms with Crippen LogP contribution in [-0.2, 0) is 11.2 Å². The first-order valence-electron chi connectivity index (χ1n) is 6.46. The highest BCUT2D eigenvalue weighted by Gasteiger charge is 2.08. The number of methoxy groups -OCH3 is 1. The number of rotatable bonds is 5. The smallest absolute Gasteiger partial charge is 0.224 e. The molecule has 110 valence electrons. The molecule has 1 N–H and O–H groups in total. The highest BCUT2D eigenvalue weighted by molar-refractivity contribution is 6.31. The zero-order chi connectivity index (χ0) is 15.2. The summed E-state index contributed by atoms with van der Waals surface area (Å²) >= 11 is 11.7. The lowest BCUT2D eigenvalue weighted by Gasteiger charge is -2.10. The summed E-state index contributed by atoms with van der Waals surface area (Å²) in [6, 6.07) is 12.6. The van der Waals surface area contributed by atoms with E-state index in [2.05, 4.69) is 5.32 Å². The quantitative estimate of drug-likeness (QED) is 0.875. The summed E-state index contributed by atoms with van der Waals surface area (Å²) in [5.74, 6) is 0.491. The van der Waals surface area contributed by atoms with Gasteiger partial charge in [-0.25, -0.2) is 0 Å². The van der Waals surface area contributed by atoms with Crippen LogP contribution in [0.4, 0.5) is 5.69 Å². The number of anilines is 1. The van der Waals surface area contributed by atoms with Crippen LogP contribution in [0.15, 0.2) is 42.5 Å². The van der Waals surface area contributed by atoms with Crippen molar-refractivity contribution >= 4 is 34.8 Å². The molecule has 3 nitrogen and oxygen atoms in total. The predicted octanol–water partition coefficient (Wildman–Crippen LogP) is 4.57. The number of halogens is 2. The molecule has 1 amide bonds. The van der Waals surface area contributed by atoms with Gasteiger partial charge in [0.15, 0.2) is 0 Å². The van der Waals surface area contributed by atoms with Gasteiger partial charge in [0.25, 0.3) is 0 Å². The van der Waals surface area contributed by atoms with E-state index in [-0.39, 0.29) is 5.91 Å². The molecule has 0 saturated carbocycles. The minimum absolute atomic E-state index is 0.0921. The minimum Gasteiger partial charge on any atom is -0.495 e. The highest BCUT2D eigenvalue weighted by atomic mass is 35.5. The van der Waals surface area contributed by atoms with Crippen molar-refractivity contribution in [2.75, 3.05) is 12.4 Å². The lowest BCUT2D eigenvalue weighted by atomic mass is 10.1. The first-order chi connectivity index (χ1) is 10.1. The maximum absolute atomic E-state index is 12.0. The SMILES string of the molecule is COc1ccc(Cl)cc1NC(=O)CCc1ccc(Cl)cc1. The van der Waals surface area contributed by atoms with Gasteiger partial charge in [-0.05, 0) is 42.3 Å². The predicted molar refractivity (Wildman–Crippen MR) is 86.4 cm³/mol. The van der Waals surface area contributed by atoms with Crippen LogP contribution < -0.4 is 10.1 Å². The number of hydrogen-bond acceptors (Lipinski definition) is 2. The molecule has 0 saturated heterocycles. The third kappa shape index (κ3) is 4.66. The summed E-state index contributed by atoms with van der Waals surface area (Å²) in [5, 5.41) is 4.04. The molecule has 0 bridgehead atoms. The van der Waals surface area contributed by atoms with Crippen molar-refractivity contribution < 1.29 is 9.53 Å². The molecule has 2 aromatic carbocycles. The van der Waals surface area contributed by atoms with Crippen molar-refractivity contribution in [3.8, 4) is 5.75 Å². The Hall–Kier alpha value is -1.71. The van der Waals surface area contributed by atoms with E-state index in [1.54, 1.807) is 25.3 Å². The number of benzene rings is 2. The summed E-state index contributed by atoms with van der Waals surface area (Å²) < 4.78 is 5.19. The molecule has 0 aliphatic heterocycles. The van der Waals surface area contributed by atoms with Crippen LogP contribution in [0.3, 0.4) is 0 Å². The van der Waals surface area contributed by atoms with E-state index in [0.717, 1.165) is 5.56 Å². The normalized spacial score (nSPS) is 10.2. The number of ether oxygens (including phenoxy) is 1. The zero-order valence-electron chi connectivity index (χ0n) is 11.5. The molecular weight excluding hydrogens is 309 g/mol. The Morgan fingerprint density at radius 2 is 1.76 bits per heavy atom. The highest BCUT2D eigenvalue weighted by Crippen LogP contribution is 2.27. The average molecular weight is 324 g/mol. The van der Waals surface area contributed by atoms with E-state index < -0.39 is 0 Å². The zero-order valence-corrected chi connectivity index (χ0v) is 13.0. The number of nitrogens with one attached hydrogen (secondary N) is 1. The standard InChI is InChI=1S/C16H15Cl2NO2/c1-21-15-8-7-13(18)10-14(15)19-16(20)9-4-11-2-5-12(17)6-3-11/h2-3,5-8,10H,4,9H2,1H3,(H,19,20). The third-order valence-electron chi connectivity index (χ3n) is 2.99. The first-order valence-corrected chi connectivity index (χ1v) is 7.22. The molecule has 0 heterocycles. The van der Waals surface area contributed by atoms with Gasteiger partial charge in [0.05, 0.1) is 12.8 Å². The van der Waals surface area contributed by atoms with Crippen LogP contribution in [0.25, 0.3) is 0 Å². The lowest BCUT2D eigenvalue weighted by Crippen LogP contribution is -2.13. The maximum Gasteiger partial charge on any atom is 0.224 e. The van der Waals surface area contributed by atoms with E-state index >= 15 is 0 Å². The van der Waals surface area contributed by atoms with Gasteiger partial charge in [-0.2, -0.15) is 0 Å². The van der Waals surface area contributed by atoms with Gasteiger partial charge in [-0.15, -0.1) is 0 Å². The third-order valence-corrected chi connectivity index (χ3v) is 3.48. The molecule has 0 fully saturated rings. The Kier molecular flexibility index (Phi) is 5.48. The molecule has 0 atom stereocenters. The van der Waals surface area contributed by atoms with Gasteiger partial charge in [-0.1, -0.05) is 35.3 Å². The van der Waals surface area contributed by atoms with Crippen molar-refractivity contribution in [2.45, 2.75) is 12.8 Å². The number of hydrogen-bond donors (Lipinski definition) is 1. The lowest BCUT2D eigenvalue weighted by molar-refractivity contribution is -0.116. The second-order valence-electron chi connectivity index (χ2n) is 4.52. The van der Waals surface area contributed by atoms with E-state index in [0.29, 0.717) is 34.3 Å². The largest absolute Gasteiger partial charge is 0.495 e. The number of carbonyl (C=O) groups is 1. The first kappa shape index (κ1) is 15.7. The Morgan fingerprint density at radius 1 is 1.10 bits per heavy atom. The van der Waals surface area contributed by atoms with Crippen molar-refractivity contribution in [2.24, 2.45) is 0 Å². The molecule has 2 rings (SSSR count). The van der Waals surface area contributed by atoms with E-state index in [1.165, 1.54) is 0 Å². The summed E-state index contributed by atoms with van der Waals surface area (Å²) in [4.78, 5) is 12.0. The van der Waals surface area contributed by atoms with Gasteiger partial charge >= 0.3 is 0 Å². The van der Waals surface area contributed by atoms with Gasteiger partial charge in [0, 0.05) is 16.5 Å². The van der Waals surface area contributed by atoms with Crippen LogP contribution in [0.1, 0.15) is 12.0 Å². The summed E-state index contributed by atoms with van der Waals surface area (Å²) in [7, 11) is 1.55. The summed E-state index contributed by atoms with van der Waals surface area (Å²) in [6.45, 7) is 0. The fourth-order valence-electron chi connectivity index (χ4n) is 1.90. The number of amides is 1. The molecule has 0 spiro atoms. The van der Waals surface area contributed by atoms with Crippen LogP contribution >= 0.6 is 23.2 Å². The Morgan fingerprint density at radius 3 is 2.43 bits per heavy atom. The van der Waals surface area contributed by atoms with Gasteiger partial charge in [-0.3, -0.25) is 4.79 Å². The molecule has 0 aromatic heterocycles. The Bertz CT molecular complexity index is 627. The van der Waals surface area contributed by atoms with E-state index in [9.17, 15) is 4.79 Å². The fourth-order valence-corrected chi connectivity index (χ4v) is 2.20. The minimum atomic E-state index is -0.0921. The molecule has 21 heavy (non-hydrogen) atoms. The molecule has 2 aromatic rings. The molecule has 5 heteroatoms. The summed E-state index contributed by atoms with van der Waals surface area (Å²) in [5.41, 5.74) is 1.64. The second-order valence-corrected chi connectivity index (χ2v) is 5.39. The average Bonchev–Trinajstić information content (AvgIpc) is 2.47. The van der Waals surface area contributed by atoms with E-state index in [1.807, 2.05) is 24.3 Å². The number of carbonyl (C=O) groups excluding carboxylic acids is 1. The van der Waals surface area contributed by atoms with Crippen molar-refractivity contribution in [3.05, 3.63) is 58.1 Å². The van der Waals surface area contributed by atoms with Crippen LogP contribution in [-0.4, -0.2) is 13.0 Å². The molecule has 0 aliphatic rings. The van der Waals surface area contributed by atoms with Gasteiger partial charge in [0.1, 0.15) is 5.75 Å². The van der Waals surface area contributed by atoms with Gasteiger partial charge < -0.3 is 10.1 Å². The topological polar surface area (TPSA) is 38.3 Å². The second kappa shape index (κ2) is 7.34. The van der Waals surface area contributed by atoms with Crippen LogP contribution in [0, 0.1) is 0 Å². The van der Waals surface area contributed by atoms with Gasteiger partial charge in [0.2, 0.25) is 5.91 Å². The van der Waals surface area contributed by atoms with Crippen molar-refractivity contribution in [1.29, 1.82) is 0 Å². The molecule has 0 radical (unpaired) electrons. The van der Waals surface area contributed by atoms with Crippen LogP contribution in [0.2, 0.25) is 10.0 Å². The molecular formula is C16H15Cl2NO2. The maximum atomic E-state index is 12.0.